The first kappa shape index (κ1) is 25.7. The first-order chi connectivity index (χ1) is 17.5. The Morgan fingerprint density at radius 2 is 1.86 bits per heavy atom. The average molecular weight is 532 g/mol. The van der Waals surface area contributed by atoms with E-state index in [9.17, 15) is 23.2 Å². The number of hydrogen-bond acceptors (Lipinski definition) is 7. The molecule has 1 aromatic carbocycles. The number of likely N-dealkylation sites (N-methyl/N-ethyl adjacent to an activating group) is 2. The number of methoxy groups -OCH3 is 1. The van der Waals surface area contributed by atoms with E-state index in [4.69, 9.17) is 4.74 Å². The van der Waals surface area contributed by atoms with Crippen LogP contribution in [0.15, 0.2) is 24.4 Å². The highest BCUT2D eigenvalue weighted by molar-refractivity contribution is 7.13. The summed E-state index contributed by atoms with van der Waals surface area (Å²) < 4.78 is 33.1. The lowest BCUT2D eigenvalue weighted by atomic mass is 9.76. The van der Waals surface area contributed by atoms with Crippen LogP contribution in [0.2, 0.25) is 0 Å². The van der Waals surface area contributed by atoms with Crippen molar-refractivity contribution in [2.75, 3.05) is 20.7 Å². The molecule has 37 heavy (non-hydrogen) atoms. The number of ketones is 2. The second-order valence-electron chi connectivity index (χ2n) is 10.4. The first-order valence-corrected chi connectivity index (χ1v) is 13.1. The van der Waals surface area contributed by atoms with Crippen molar-refractivity contribution in [2.24, 2.45) is 0 Å². The Labute approximate surface area is 217 Å². The highest BCUT2D eigenvalue weighted by atomic mass is 32.1. The minimum absolute atomic E-state index is 0.0269. The van der Waals surface area contributed by atoms with Gasteiger partial charge in [0.25, 0.3) is 11.7 Å². The van der Waals surface area contributed by atoms with Crippen molar-refractivity contribution in [3.05, 3.63) is 51.6 Å². The van der Waals surface area contributed by atoms with Gasteiger partial charge in [-0.25, -0.2) is 8.78 Å². The van der Waals surface area contributed by atoms with Crippen molar-refractivity contribution >= 4 is 34.4 Å². The van der Waals surface area contributed by atoms with E-state index >= 15 is 0 Å². The number of rotatable bonds is 5. The molecular weight excluding hydrogens is 502 g/mol. The van der Waals surface area contributed by atoms with Crippen molar-refractivity contribution in [3.63, 3.8) is 0 Å². The molecule has 1 amide bonds. The Morgan fingerprint density at radius 1 is 1.16 bits per heavy atom. The van der Waals surface area contributed by atoms with Crippen molar-refractivity contribution in [1.29, 1.82) is 0 Å². The van der Waals surface area contributed by atoms with Gasteiger partial charge in [-0.1, -0.05) is 17.4 Å². The fraction of sp³-hybridized carbons (Fsp3) is 0.500. The van der Waals surface area contributed by atoms with Crippen LogP contribution in [0.1, 0.15) is 55.1 Å². The molecule has 11 heteroatoms. The third kappa shape index (κ3) is 3.78. The molecule has 5 rings (SSSR count). The molecule has 1 spiro atoms. The normalized spacial score (nSPS) is 31.7. The number of amides is 1. The minimum atomic E-state index is -1.14. The summed E-state index contributed by atoms with van der Waals surface area (Å²) in [6, 6.07) is 2.17. The number of allylic oxidation sites excluding steroid dienone is 1. The Kier molecular flexibility index (Phi) is 6.16. The highest BCUT2D eigenvalue weighted by Crippen LogP contribution is 2.53. The Balaban J connectivity index is 1.55. The monoisotopic (exact) mass is 531 g/mol. The number of carbonyl (C=O) groups is 3. The topological polar surface area (TPSA) is 89.5 Å². The van der Waals surface area contributed by atoms with Crippen LogP contribution in [0.25, 0.3) is 5.57 Å². The second-order valence-corrected chi connectivity index (χ2v) is 11.5. The van der Waals surface area contributed by atoms with E-state index in [0.29, 0.717) is 37.2 Å². The maximum Gasteiger partial charge on any atom is 0.294 e. The predicted octanol–water partition coefficient (Wildman–Crippen LogP) is 3.25. The van der Waals surface area contributed by atoms with Gasteiger partial charge >= 0.3 is 0 Å². The van der Waals surface area contributed by atoms with E-state index in [-0.39, 0.29) is 38.6 Å². The average Bonchev–Trinajstić information content (AvgIpc) is 3.39. The zero-order chi connectivity index (χ0) is 26.8. The van der Waals surface area contributed by atoms with E-state index in [2.05, 4.69) is 10.2 Å². The van der Waals surface area contributed by atoms with Gasteiger partial charge in [0.05, 0.1) is 12.6 Å². The summed E-state index contributed by atoms with van der Waals surface area (Å²) in [6.45, 7) is 4.35. The maximum atomic E-state index is 14.2. The van der Waals surface area contributed by atoms with E-state index < -0.39 is 34.9 Å². The largest absolute Gasteiger partial charge is 0.379 e. The number of carbonyl (C=O) groups excluding carboxylic acids is 3. The molecule has 2 unspecified atom stereocenters. The zero-order valence-electron chi connectivity index (χ0n) is 21.2. The Hall–Kier alpha value is -2.89. The first-order valence-electron chi connectivity index (χ1n) is 12.3. The standard InChI is InChI=1S/C26H29F2N4O4S/c1-5-31-24(35)20-22(34)21(33)17(14-32(20,3)26(31)10-8-25(2,36-4)9-11-26)23-30-29-19(37-23)12-15-6-7-16(27)13-18(15)28/h6-7,13-14,20H,5,8-12H2,1-4H3/q+1. The Morgan fingerprint density at radius 3 is 2.49 bits per heavy atom. The summed E-state index contributed by atoms with van der Waals surface area (Å²) >= 11 is 1.08. The molecule has 0 radical (unpaired) electrons. The number of benzene rings is 1. The van der Waals surface area contributed by atoms with Gasteiger partial charge in [0.15, 0.2) is 10.7 Å². The molecule has 1 aromatic heterocycles. The van der Waals surface area contributed by atoms with Gasteiger partial charge in [-0.3, -0.25) is 23.8 Å². The molecule has 3 aliphatic rings. The van der Waals surface area contributed by atoms with Crippen molar-refractivity contribution < 1.29 is 32.4 Å². The number of ether oxygens (including phenoxy) is 1. The van der Waals surface area contributed by atoms with Crippen LogP contribution in [0.4, 0.5) is 8.78 Å². The SMILES string of the molecule is CCN1C(=O)C2C(=O)C(=O)C(c3nnc(Cc4ccc(F)cc4F)s3)=C[N+]2(C)C12CCC(C)(OC)CC2. The minimum Gasteiger partial charge on any atom is -0.379 e. The molecule has 0 N–H and O–H groups in total. The molecule has 1 saturated heterocycles. The number of fused-ring (bicyclic) bond motifs is 2. The van der Waals surface area contributed by atoms with Crippen molar-refractivity contribution in [2.45, 2.75) is 63.3 Å². The van der Waals surface area contributed by atoms with Gasteiger partial charge in [-0.05, 0) is 38.3 Å². The lowest BCUT2D eigenvalue weighted by Crippen LogP contribution is -2.68. The van der Waals surface area contributed by atoms with Crippen LogP contribution < -0.4 is 0 Å². The molecule has 2 aromatic rings. The summed E-state index contributed by atoms with van der Waals surface area (Å²) in [5.41, 5.74) is -0.663. The molecule has 1 aliphatic carbocycles. The lowest BCUT2D eigenvalue weighted by molar-refractivity contribution is -0.921. The number of halogens is 2. The highest BCUT2D eigenvalue weighted by Gasteiger charge is 2.71. The summed E-state index contributed by atoms with van der Waals surface area (Å²) in [5, 5.41) is 8.90. The van der Waals surface area contributed by atoms with Crippen LogP contribution in [0.3, 0.4) is 0 Å². The van der Waals surface area contributed by atoms with Gasteiger partial charge in [-0.2, -0.15) is 0 Å². The molecule has 2 fully saturated rings. The fourth-order valence-electron chi connectivity index (χ4n) is 6.22. The van der Waals surface area contributed by atoms with Gasteiger partial charge in [0, 0.05) is 39.0 Å². The van der Waals surface area contributed by atoms with Crippen LogP contribution in [-0.4, -0.2) is 75.1 Å². The maximum absolute atomic E-state index is 14.2. The van der Waals surface area contributed by atoms with E-state index in [1.54, 1.807) is 18.2 Å². The third-order valence-electron chi connectivity index (χ3n) is 8.52. The third-order valence-corrected chi connectivity index (χ3v) is 9.48. The summed E-state index contributed by atoms with van der Waals surface area (Å²) in [4.78, 5) is 42.0. The molecule has 3 heterocycles. The van der Waals surface area contributed by atoms with E-state index in [0.717, 1.165) is 17.4 Å². The number of hydrogen-bond donors (Lipinski definition) is 0. The van der Waals surface area contributed by atoms with Gasteiger partial charge in [-0.15, -0.1) is 10.2 Å². The van der Waals surface area contributed by atoms with Crippen molar-refractivity contribution in [1.82, 2.24) is 15.1 Å². The smallest absolute Gasteiger partial charge is 0.294 e. The summed E-state index contributed by atoms with van der Waals surface area (Å²) in [6.07, 6.45) is 4.40. The van der Waals surface area contributed by atoms with Crippen LogP contribution >= 0.6 is 11.3 Å². The molecule has 196 valence electrons. The molecule has 1 saturated carbocycles. The fourth-order valence-corrected chi connectivity index (χ4v) is 7.09. The van der Waals surface area contributed by atoms with Gasteiger partial charge in [0.2, 0.25) is 11.8 Å². The van der Waals surface area contributed by atoms with E-state index in [1.165, 1.54) is 12.1 Å². The number of quaternary nitrogens is 1. The van der Waals surface area contributed by atoms with Crippen LogP contribution in [-0.2, 0) is 25.5 Å². The zero-order valence-corrected chi connectivity index (χ0v) is 22.0. The molecule has 8 nitrogen and oxygen atoms in total. The summed E-state index contributed by atoms with van der Waals surface area (Å²) in [5.74, 6) is -3.22. The van der Waals surface area contributed by atoms with Crippen LogP contribution in [0, 0.1) is 11.6 Å². The molecule has 2 atom stereocenters. The molecule has 0 bridgehead atoms. The van der Waals surface area contributed by atoms with Crippen molar-refractivity contribution in [3.8, 4) is 0 Å². The number of aromatic nitrogens is 2. The molecule has 2 aliphatic heterocycles. The number of Topliss-reactive ketones (excluding diaryl/α,β-unsaturated/α-hetero) is 2. The molecular formula is C26H29F2N4O4S+. The van der Waals surface area contributed by atoms with Gasteiger partial charge in [0.1, 0.15) is 28.4 Å². The lowest BCUT2D eigenvalue weighted by Gasteiger charge is -2.53. The number of nitrogens with zero attached hydrogens (tertiary/aromatic N) is 4. The Bertz CT molecular complexity index is 1330. The van der Waals surface area contributed by atoms with Gasteiger partial charge < -0.3 is 4.74 Å². The van der Waals surface area contributed by atoms with Crippen LogP contribution in [0.5, 0.6) is 0 Å². The summed E-state index contributed by atoms with van der Waals surface area (Å²) in [7, 11) is 3.52. The second kappa shape index (κ2) is 8.85. The van der Waals surface area contributed by atoms with E-state index in [1.807, 2.05) is 20.9 Å². The quantitative estimate of drug-likeness (QED) is 0.334. The predicted molar refractivity (Wildman–Crippen MR) is 131 cm³/mol.